The molecule has 0 aliphatic carbocycles. The van der Waals surface area contributed by atoms with Crippen LogP contribution in [0.15, 0.2) is 59.9 Å². The molecule has 0 spiro atoms. The molecule has 118 valence electrons. The number of quaternary nitrogens is 1. The Hall–Kier alpha value is -2.83. The van der Waals surface area contributed by atoms with Gasteiger partial charge >= 0.3 is 5.91 Å². The standard InChI is InChI=1S/C17H16N4O.H2O/c1-11-6-5-7-13(10-11)20-17(22)16-12(2)18-14-8-3-4-9-15(14)21(16)19-20;/h3-10,18-19H,1-2H3;1H2. The fourth-order valence-electron chi connectivity index (χ4n) is 2.98. The Bertz CT molecular complexity index is 816. The lowest BCUT2D eigenvalue weighted by Crippen LogP contribution is -2.98. The third-order valence-corrected chi connectivity index (χ3v) is 4.01. The number of carbonyl (C=O) groups excluding carboxylic acids is 1. The van der Waals surface area contributed by atoms with Crippen molar-refractivity contribution in [3.8, 4) is 0 Å². The van der Waals surface area contributed by atoms with Gasteiger partial charge in [-0.25, -0.2) is 0 Å². The highest BCUT2D eigenvalue weighted by atomic mass is 16.2. The zero-order chi connectivity index (χ0) is 15.3. The second kappa shape index (κ2) is 5.42. The minimum absolute atomic E-state index is 0. The average molecular weight is 310 g/mol. The molecule has 0 aromatic heterocycles. The first-order chi connectivity index (χ1) is 10.6. The maximum Gasteiger partial charge on any atom is 0.329 e. The summed E-state index contributed by atoms with van der Waals surface area (Å²) in [7, 11) is 0. The summed E-state index contributed by atoms with van der Waals surface area (Å²) in [4.78, 5) is 12.8. The number of hydrogen-bond acceptors (Lipinski definition) is 4. The summed E-state index contributed by atoms with van der Waals surface area (Å²) >= 11 is 0. The van der Waals surface area contributed by atoms with Crippen LogP contribution in [-0.2, 0) is 4.79 Å². The number of anilines is 3. The first-order valence-electron chi connectivity index (χ1n) is 7.26. The number of fused-ring (bicyclic) bond motifs is 3. The second-order valence-corrected chi connectivity index (χ2v) is 5.62. The lowest BCUT2D eigenvalue weighted by Gasteiger charge is -2.24. The Morgan fingerprint density at radius 3 is 2.57 bits per heavy atom. The van der Waals surface area contributed by atoms with E-state index in [1.54, 1.807) is 5.01 Å². The Kier molecular flexibility index (Phi) is 3.55. The molecule has 1 saturated heterocycles. The van der Waals surface area contributed by atoms with Crippen molar-refractivity contribution in [3.05, 3.63) is 65.5 Å². The van der Waals surface area contributed by atoms with Crippen molar-refractivity contribution in [2.24, 2.45) is 0 Å². The van der Waals surface area contributed by atoms with Crippen LogP contribution in [-0.4, -0.2) is 11.4 Å². The molecule has 0 unspecified atom stereocenters. The number of nitrogens with two attached hydrogens (primary N) is 1. The van der Waals surface area contributed by atoms with Crippen molar-refractivity contribution in [2.75, 3.05) is 15.3 Å². The second-order valence-electron chi connectivity index (χ2n) is 5.62. The van der Waals surface area contributed by atoms with Crippen LogP contribution in [0.1, 0.15) is 12.5 Å². The van der Waals surface area contributed by atoms with E-state index >= 15 is 0 Å². The minimum atomic E-state index is -0.00916. The molecule has 2 heterocycles. The van der Waals surface area contributed by atoms with Gasteiger partial charge in [0, 0.05) is 5.70 Å². The molecule has 23 heavy (non-hydrogen) atoms. The highest BCUT2D eigenvalue weighted by molar-refractivity contribution is 6.09. The van der Waals surface area contributed by atoms with Gasteiger partial charge in [0.05, 0.1) is 5.69 Å². The van der Waals surface area contributed by atoms with Gasteiger partial charge in [-0.2, -0.15) is 5.01 Å². The van der Waals surface area contributed by atoms with Crippen LogP contribution >= 0.6 is 0 Å². The molecule has 4 rings (SSSR count). The Morgan fingerprint density at radius 2 is 1.78 bits per heavy atom. The van der Waals surface area contributed by atoms with E-state index < -0.39 is 0 Å². The Balaban J connectivity index is 0.00000156. The van der Waals surface area contributed by atoms with E-state index in [4.69, 9.17) is 0 Å². The molecular weight excluding hydrogens is 292 g/mol. The number of rotatable bonds is 1. The minimum Gasteiger partial charge on any atom is -0.870 e. The third kappa shape index (κ3) is 2.25. The number of carbonyl (C=O) groups is 1. The van der Waals surface area contributed by atoms with E-state index in [1.807, 2.05) is 72.9 Å². The number of hydrogen-bond donors (Lipinski definition) is 2. The van der Waals surface area contributed by atoms with E-state index in [2.05, 4.69) is 5.32 Å². The van der Waals surface area contributed by atoms with Crippen molar-refractivity contribution >= 4 is 23.0 Å². The maximum atomic E-state index is 12.8. The highest BCUT2D eigenvalue weighted by Crippen LogP contribution is 2.35. The average Bonchev–Trinajstić information content (AvgIpc) is 2.86. The van der Waals surface area contributed by atoms with Crippen LogP contribution in [0.3, 0.4) is 0 Å². The molecule has 0 saturated carbocycles. The zero-order valence-corrected chi connectivity index (χ0v) is 12.9. The van der Waals surface area contributed by atoms with Crippen LogP contribution in [0.5, 0.6) is 0 Å². The maximum absolute atomic E-state index is 12.8. The van der Waals surface area contributed by atoms with Gasteiger partial charge in [-0.15, -0.1) is 10.5 Å². The van der Waals surface area contributed by atoms with Crippen LogP contribution in [0.25, 0.3) is 0 Å². The highest BCUT2D eigenvalue weighted by Gasteiger charge is 2.43. The topological polar surface area (TPSA) is 82.2 Å². The molecular formula is C17H18N4O2. The number of para-hydroxylation sites is 2. The van der Waals surface area contributed by atoms with Gasteiger partial charge in [0.1, 0.15) is 11.4 Å². The summed E-state index contributed by atoms with van der Waals surface area (Å²) in [6.07, 6.45) is 0. The van der Waals surface area contributed by atoms with E-state index in [0.717, 1.165) is 28.3 Å². The van der Waals surface area contributed by atoms with Crippen LogP contribution in [0, 0.1) is 6.92 Å². The van der Waals surface area contributed by atoms with Gasteiger partial charge in [0.15, 0.2) is 5.70 Å². The summed E-state index contributed by atoms with van der Waals surface area (Å²) in [6.45, 7) is 3.96. The van der Waals surface area contributed by atoms with Gasteiger partial charge in [0.25, 0.3) is 0 Å². The molecule has 6 nitrogen and oxygen atoms in total. The van der Waals surface area contributed by atoms with E-state index in [0.29, 0.717) is 5.70 Å². The lowest BCUT2D eigenvalue weighted by molar-refractivity contribution is -0.653. The SMILES string of the molecule is CC1=C2C(=O)N(c3cccc(C)c3)[NH2+]N2c2ccccc2N1.[OH-]. The Morgan fingerprint density at radius 1 is 1.00 bits per heavy atom. The third-order valence-electron chi connectivity index (χ3n) is 4.01. The monoisotopic (exact) mass is 310 g/mol. The molecule has 6 heteroatoms. The van der Waals surface area contributed by atoms with Gasteiger partial charge in [-0.3, -0.25) is 4.79 Å². The van der Waals surface area contributed by atoms with E-state index in [-0.39, 0.29) is 11.4 Å². The number of nitrogens with zero attached hydrogens (tertiary/aromatic N) is 2. The quantitative estimate of drug-likeness (QED) is 0.621. The molecule has 2 aliphatic heterocycles. The smallest absolute Gasteiger partial charge is 0.329 e. The summed E-state index contributed by atoms with van der Waals surface area (Å²) in [5.74, 6) is -0.00916. The lowest BCUT2D eigenvalue weighted by atomic mass is 10.1. The number of nitrogens with one attached hydrogen (secondary N) is 1. The fraction of sp³-hybridized carbons (Fsp3) is 0.118. The Labute approximate surface area is 134 Å². The summed E-state index contributed by atoms with van der Waals surface area (Å²) in [6, 6.07) is 16.0. The van der Waals surface area contributed by atoms with Crippen molar-refractivity contribution in [1.82, 2.24) is 0 Å². The van der Waals surface area contributed by atoms with E-state index in [9.17, 15) is 4.79 Å². The van der Waals surface area contributed by atoms with Gasteiger partial charge in [0.2, 0.25) is 0 Å². The number of benzene rings is 2. The van der Waals surface area contributed by atoms with Crippen LogP contribution < -0.4 is 20.9 Å². The van der Waals surface area contributed by atoms with Gasteiger partial charge in [-0.05, 0) is 43.7 Å². The van der Waals surface area contributed by atoms with Crippen molar-refractivity contribution in [2.45, 2.75) is 13.8 Å². The first-order valence-corrected chi connectivity index (χ1v) is 7.26. The molecule has 4 N–H and O–H groups in total. The predicted octanol–water partition coefficient (Wildman–Crippen LogP) is 1.72. The summed E-state index contributed by atoms with van der Waals surface area (Å²) < 4.78 is 0. The number of allylic oxidation sites excluding steroid dienone is 1. The summed E-state index contributed by atoms with van der Waals surface area (Å²) in [5, 5.41) is 6.98. The van der Waals surface area contributed by atoms with Gasteiger partial charge in [-0.1, -0.05) is 24.3 Å². The molecule has 2 aliphatic rings. The normalized spacial score (nSPS) is 15.8. The zero-order valence-electron chi connectivity index (χ0n) is 12.9. The van der Waals surface area contributed by atoms with Crippen LogP contribution in [0.4, 0.5) is 17.1 Å². The molecule has 2 aromatic rings. The van der Waals surface area contributed by atoms with Crippen LogP contribution in [0.2, 0.25) is 0 Å². The largest absolute Gasteiger partial charge is 0.870 e. The summed E-state index contributed by atoms with van der Waals surface area (Å²) in [5.41, 5.74) is 7.45. The fourth-order valence-corrected chi connectivity index (χ4v) is 2.98. The van der Waals surface area contributed by atoms with Gasteiger partial charge < -0.3 is 10.8 Å². The van der Waals surface area contributed by atoms with Crippen molar-refractivity contribution in [3.63, 3.8) is 0 Å². The number of amides is 1. The van der Waals surface area contributed by atoms with Crippen molar-refractivity contribution in [1.29, 1.82) is 0 Å². The molecule has 1 amide bonds. The van der Waals surface area contributed by atoms with E-state index in [1.165, 1.54) is 0 Å². The first kappa shape index (κ1) is 15.1. The molecule has 0 radical (unpaired) electrons. The molecule has 1 fully saturated rings. The van der Waals surface area contributed by atoms with Crippen molar-refractivity contribution < 1.29 is 15.8 Å². The molecule has 2 aromatic carbocycles. The predicted molar refractivity (Wildman–Crippen MR) is 87.8 cm³/mol. The number of aryl methyl sites for hydroxylation is 1. The molecule has 0 atom stereocenters. The molecule has 0 bridgehead atoms.